The first-order chi connectivity index (χ1) is 11.9. The molecular weight excluding hydrogens is 344 g/mol. The van der Waals surface area contributed by atoms with Gasteiger partial charge in [0.25, 0.3) is 0 Å². The average Bonchev–Trinajstić information content (AvgIpc) is 2.88. The summed E-state index contributed by atoms with van der Waals surface area (Å²) in [7, 11) is 0. The number of benzene rings is 2. The fourth-order valence-corrected chi connectivity index (χ4v) is 3.03. The summed E-state index contributed by atoms with van der Waals surface area (Å²) in [5, 5.41) is 0. The molecule has 0 aliphatic rings. The molecule has 3 rings (SSSR count). The Morgan fingerprint density at radius 2 is 1.69 bits per heavy atom. The first kappa shape index (κ1) is 20.3. The van der Waals surface area contributed by atoms with Crippen molar-refractivity contribution in [1.82, 2.24) is 9.55 Å². The molecule has 0 saturated carbocycles. The van der Waals surface area contributed by atoms with Gasteiger partial charge in [0.1, 0.15) is 11.6 Å². The summed E-state index contributed by atoms with van der Waals surface area (Å²) in [6.45, 7) is 10.5. The molecular formula is C22H29ClN2O. The van der Waals surface area contributed by atoms with Gasteiger partial charge in [-0.1, -0.05) is 50.6 Å². The Bertz CT molecular complexity index is 831. The van der Waals surface area contributed by atoms with E-state index in [1.54, 1.807) is 0 Å². The van der Waals surface area contributed by atoms with Crippen LogP contribution in [0, 0.1) is 12.3 Å². The van der Waals surface area contributed by atoms with Gasteiger partial charge < -0.3 is 9.30 Å². The summed E-state index contributed by atoms with van der Waals surface area (Å²) in [4.78, 5) is 4.87. The van der Waals surface area contributed by atoms with Gasteiger partial charge in [0.05, 0.1) is 17.6 Å². The van der Waals surface area contributed by atoms with Gasteiger partial charge in [-0.15, -0.1) is 12.4 Å². The van der Waals surface area contributed by atoms with Crippen LogP contribution in [0.4, 0.5) is 0 Å². The van der Waals surface area contributed by atoms with Crippen LogP contribution in [0.25, 0.3) is 11.0 Å². The van der Waals surface area contributed by atoms with E-state index < -0.39 is 0 Å². The zero-order valence-corrected chi connectivity index (χ0v) is 17.0. The van der Waals surface area contributed by atoms with E-state index in [1.165, 1.54) is 16.9 Å². The topological polar surface area (TPSA) is 27.1 Å². The van der Waals surface area contributed by atoms with Crippen LogP contribution in [-0.4, -0.2) is 16.2 Å². The van der Waals surface area contributed by atoms with E-state index in [-0.39, 0.29) is 17.8 Å². The Hall–Kier alpha value is -2.00. The van der Waals surface area contributed by atoms with Gasteiger partial charge in [-0.3, -0.25) is 0 Å². The SMILES string of the molecule is Cc1ccc(OCCCn2c(CC(C)(C)C)nc3ccccc32)cc1.Cl. The second-order valence-corrected chi connectivity index (χ2v) is 7.92. The van der Waals surface area contributed by atoms with Gasteiger partial charge in [-0.2, -0.15) is 0 Å². The van der Waals surface area contributed by atoms with E-state index in [0.717, 1.165) is 30.7 Å². The molecule has 26 heavy (non-hydrogen) atoms. The lowest BCUT2D eigenvalue weighted by atomic mass is 9.92. The van der Waals surface area contributed by atoms with Crippen LogP contribution in [0.5, 0.6) is 5.75 Å². The Kier molecular flexibility index (Phi) is 6.71. The van der Waals surface area contributed by atoms with E-state index in [9.17, 15) is 0 Å². The van der Waals surface area contributed by atoms with Gasteiger partial charge in [0.2, 0.25) is 0 Å². The monoisotopic (exact) mass is 372 g/mol. The Balaban J connectivity index is 0.00000243. The second-order valence-electron chi connectivity index (χ2n) is 7.92. The molecule has 0 aliphatic carbocycles. The smallest absolute Gasteiger partial charge is 0.119 e. The molecule has 0 bridgehead atoms. The fraction of sp³-hybridized carbons (Fsp3) is 0.409. The molecule has 140 valence electrons. The van der Waals surface area contributed by atoms with Crippen molar-refractivity contribution in [3.8, 4) is 5.75 Å². The van der Waals surface area contributed by atoms with Crippen LogP contribution < -0.4 is 4.74 Å². The zero-order chi connectivity index (χ0) is 17.9. The third-order valence-corrected chi connectivity index (χ3v) is 4.24. The van der Waals surface area contributed by atoms with E-state index in [1.807, 2.05) is 12.1 Å². The predicted molar refractivity (Wildman–Crippen MR) is 111 cm³/mol. The highest BCUT2D eigenvalue weighted by molar-refractivity contribution is 5.85. The second kappa shape index (κ2) is 8.59. The summed E-state index contributed by atoms with van der Waals surface area (Å²) in [5.74, 6) is 2.11. The number of rotatable bonds is 6. The summed E-state index contributed by atoms with van der Waals surface area (Å²) < 4.78 is 8.24. The van der Waals surface area contributed by atoms with Crippen molar-refractivity contribution >= 4 is 23.4 Å². The standard InChI is InChI=1S/C22H28N2O.ClH/c1-17-10-12-18(13-11-17)25-15-7-14-24-20-9-6-5-8-19(20)23-21(24)16-22(2,3)4;/h5-6,8-13H,7,14-16H2,1-4H3;1H. The Morgan fingerprint density at radius 3 is 2.38 bits per heavy atom. The minimum atomic E-state index is 0. The maximum atomic E-state index is 5.88. The van der Waals surface area contributed by atoms with Crippen molar-refractivity contribution in [2.45, 2.75) is 47.1 Å². The van der Waals surface area contributed by atoms with Crippen molar-refractivity contribution < 1.29 is 4.74 Å². The highest BCUT2D eigenvalue weighted by Crippen LogP contribution is 2.24. The van der Waals surface area contributed by atoms with Crippen molar-refractivity contribution in [3.63, 3.8) is 0 Å². The zero-order valence-electron chi connectivity index (χ0n) is 16.2. The molecule has 0 unspecified atom stereocenters. The molecule has 1 aromatic heterocycles. The first-order valence-electron chi connectivity index (χ1n) is 9.06. The largest absolute Gasteiger partial charge is 0.494 e. The molecule has 3 aromatic rings. The van der Waals surface area contributed by atoms with Crippen molar-refractivity contribution in [1.29, 1.82) is 0 Å². The maximum absolute atomic E-state index is 5.88. The summed E-state index contributed by atoms with van der Waals surface area (Å²) in [6.07, 6.45) is 1.94. The van der Waals surface area contributed by atoms with Gasteiger partial charge in [-0.25, -0.2) is 4.98 Å². The van der Waals surface area contributed by atoms with Crippen LogP contribution >= 0.6 is 12.4 Å². The van der Waals surface area contributed by atoms with E-state index >= 15 is 0 Å². The normalized spacial score (nSPS) is 11.4. The summed E-state index contributed by atoms with van der Waals surface area (Å²) in [5.41, 5.74) is 3.78. The highest BCUT2D eigenvalue weighted by atomic mass is 35.5. The first-order valence-corrected chi connectivity index (χ1v) is 9.06. The van der Waals surface area contributed by atoms with Gasteiger partial charge in [0, 0.05) is 13.0 Å². The highest BCUT2D eigenvalue weighted by Gasteiger charge is 2.17. The van der Waals surface area contributed by atoms with Crippen LogP contribution in [-0.2, 0) is 13.0 Å². The summed E-state index contributed by atoms with van der Waals surface area (Å²) in [6, 6.07) is 16.6. The number of halogens is 1. The number of aryl methyl sites for hydroxylation is 2. The lowest BCUT2D eigenvalue weighted by Crippen LogP contribution is -2.15. The third-order valence-electron chi connectivity index (χ3n) is 4.24. The van der Waals surface area contributed by atoms with Gasteiger partial charge >= 0.3 is 0 Å². The van der Waals surface area contributed by atoms with Crippen molar-refractivity contribution in [2.75, 3.05) is 6.61 Å². The number of hydrogen-bond donors (Lipinski definition) is 0. The van der Waals surface area contributed by atoms with Crippen LogP contribution in [0.2, 0.25) is 0 Å². The third kappa shape index (κ3) is 5.25. The number of fused-ring (bicyclic) bond motifs is 1. The van der Waals surface area contributed by atoms with Crippen LogP contribution in [0.3, 0.4) is 0 Å². The number of nitrogens with zero attached hydrogens (tertiary/aromatic N) is 2. The molecule has 4 heteroatoms. The molecule has 0 radical (unpaired) electrons. The molecule has 2 aromatic carbocycles. The quantitative estimate of drug-likeness (QED) is 0.509. The fourth-order valence-electron chi connectivity index (χ4n) is 3.03. The molecule has 0 atom stereocenters. The molecule has 1 heterocycles. The number of para-hydroxylation sites is 2. The lowest BCUT2D eigenvalue weighted by molar-refractivity contribution is 0.300. The van der Waals surface area contributed by atoms with Crippen LogP contribution in [0.15, 0.2) is 48.5 Å². The maximum Gasteiger partial charge on any atom is 0.119 e. The predicted octanol–water partition coefficient (Wildman–Crippen LogP) is 5.82. The minimum Gasteiger partial charge on any atom is -0.494 e. The van der Waals surface area contributed by atoms with E-state index in [2.05, 4.69) is 68.7 Å². The van der Waals surface area contributed by atoms with Crippen molar-refractivity contribution in [2.24, 2.45) is 5.41 Å². The number of imidazole rings is 1. The molecule has 3 nitrogen and oxygen atoms in total. The number of aromatic nitrogens is 2. The summed E-state index contributed by atoms with van der Waals surface area (Å²) >= 11 is 0. The average molecular weight is 373 g/mol. The lowest BCUT2D eigenvalue weighted by Gasteiger charge is -2.19. The Labute approximate surface area is 162 Å². The van der Waals surface area contributed by atoms with E-state index in [4.69, 9.17) is 9.72 Å². The molecule has 0 aliphatic heterocycles. The number of ether oxygens (including phenoxy) is 1. The van der Waals surface area contributed by atoms with Gasteiger partial charge in [-0.05, 0) is 43.0 Å². The molecule has 0 N–H and O–H groups in total. The Morgan fingerprint density at radius 1 is 1.00 bits per heavy atom. The van der Waals surface area contributed by atoms with Crippen LogP contribution in [0.1, 0.15) is 38.6 Å². The molecule has 0 amide bonds. The molecule has 0 spiro atoms. The van der Waals surface area contributed by atoms with Crippen molar-refractivity contribution in [3.05, 3.63) is 59.9 Å². The number of hydrogen-bond acceptors (Lipinski definition) is 2. The molecule has 0 fully saturated rings. The molecule has 0 saturated heterocycles. The van der Waals surface area contributed by atoms with E-state index in [0.29, 0.717) is 6.61 Å². The minimum absolute atomic E-state index is 0. The van der Waals surface area contributed by atoms with Gasteiger partial charge in [0.15, 0.2) is 0 Å².